The van der Waals surface area contributed by atoms with Gasteiger partial charge in [0.25, 0.3) is 0 Å². The van der Waals surface area contributed by atoms with Gasteiger partial charge in [-0.1, -0.05) is 6.07 Å². The highest BCUT2D eigenvalue weighted by Gasteiger charge is 2.22. The monoisotopic (exact) mass is 502 g/mol. The molecule has 0 heterocycles. The molecule has 1 rings (SSSR count). The Kier molecular flexibility index (Phi) is 10.4. The molecule has 0 spiro atoms. The smallest absolute Gasteiger partial charge is 0.209 e. The zero-order chi connectivity index (χ0) is 19.1. The van der Waals surface area contributed by atoms with Crippen LogP contribution >= 0.6 is 24.0 Å². The Morgan fingerprint density at radius 3 is 2.54 bits per heavy atom. The van der Waals surface area contributed by atoms with Gasteiger partial charge >= 0.3 is 0 Å². The SMILES string of the molecule is CN=C(NCC(C)Oc1cccc(F)c1)NCC(C)(C)NS(C)(=O)=O.I. The molecule has 0 saturated heterocycles. The quantitative estimate of drug-likeness (QED) is 0.286. The average Bonchev–Trinajstić information content (AvgIpc) is 2.44. The molecule has 0 saturated carbocycles. The fourth-order valence-corrected chi connectivity index (χ4v) is 3.19. The van der Waals surface area contributed by atoms with E-state index in [0.717, 1.165) is 6.26 Å². The molecule has 0 aliphatic rings. The van der Waals surface area contributed by atoms with E-state index < -0.39 is 15.6 Å². The molecule has 26 heavy (non-hydrogen) atoms. The molecule has 0 aliphatic carbocycles. The third-order valence-corrected chi connectivity index (χ3v) is 4.00. The number of guanidine groups is 1. The Labute approximate surface area is 172 Å². The summed E-state index contributed by atoms with van der Waals surface area (Å²) in [5.41, 5.74) is -0.672. The van der Waals surface area contributed by atoms with Crippen LogP contribution in [0.1, 0.15) is 20.8 Å². The van der Waals surface area contributed by atoms with Crippen molar-refractivity contribution in [1.29, 1.82) is 0 Å². The molecule has 1 aromatic carbocycles. The van der Waals surface area contributed by atoms with Crippen molar-refractivity contribution in [3.05, 3.63) is 30.1 Å². The Morgan fingerprint density at radius 1 is 1.35 bits per heavy atom. The highest BCUT2D eigenvalue weighted by molar-refractivity contribution is 14.0. The maximum atomic E-state index is 13.1. The van der Waals surface area contributed by atoms with Crippen LogP contribution in [0.2, 0.25) is 0 Å². The lowest BCUT2D eigenvalue weighted by Gasteiger charge is -2.26. The lowest BCUT2D eigenvalue weighted by Crippen LogP contribution is -2.53. The number of hydrogen-bond donors (Lipinski definition) is 3. The molecular formula is C16H28FIN4O3S. The molecule has 3 N–H and O–H groups in total. The number of sulfonamides is 1. The third kappa shape index (κ3) is 10.8. The van der Waals surface area contributed by atoms with E-state index in [4.69, 9.17) is 4.74 Å². The van der Waals surface area contributed by atoms with Crippen molar-refractivity contribution in [3.8, 4) is 5.75 Å². The predicted octanol–water partition coefficient (Wildman–Crippen LogP) is 1.70. The van der Waals surface area contributed by atoms with Gasteiger partial charge in [-0.25, -0.2) is 17.5 Å². The number of nitrogens with zero attached hydrogens (tertiary/aromatic N) is 1. The lowest BCUT2D eigenvalue weighted by molar-refractivity contribution is 0.223. The van der Waals surface area contributed by atoms with Crippen LogP contribution < -0.4 is 20.1 Å². The van der Waals surface area contributed by atoms with Crippen molar-refractivity contribution in [1.82, 2.24) is 15.4 Å². The van der Waals surface area contributed by atoms with Gasteiger partial charge in [-0.15, -0.1) is 24.0 Å². The summed E-state index contributed by atoms with van der Waals surface area (Å²) in [5.74, 6) is 0.615. The standard InChI is InChI=1S/C16H27FN4O3S.HI/c1-12(24-14-8-6-7-13(17)9-14)10-19-15(18-4)20-11-16(2,3)21-25(5,22)23;/h6-9,12,21H,10-11H2,1-5H3,(H2,18,19,20);1H. The fraction of sp³-hybridized carbons (Fsp3) is 0.562. The van der Waals surface area contributed by atoms with Gasteiger partial charge in [-0.2, -0.15) is 0 Å². The van der Waals surface area contributed by atoms with Gasteiger partial charge < -0.3 is 15.4 Å². The summed E-state index contributed by atoms with van der Waals surface area (Å²) in [5, 5.41) is 6.14. The van der Waals surface area contributed by atoms with Crippen molar-refractivity contribution in [3.63, 3.8) is 0 Å². The molecule has 1 aromatic rings. The summed E-state index contributed by atoms with van der Waals surface area (Å²) >= 11 is 0. The average molecular weight is 502 g/mol. The largest absolute Gasteiger partial charge is 0.489 e. The van der Waals surface area contributed by atoms with Crippen LogP contribution in [0, 0.1) is 5.82 Å². The van der Waals surface area contributed by atoms with Gasteiger partial charge in [0.1, 0.15) is 17.7 Å². The summed E-state index contributed by atoms with van der Waals surface area (Å²) in [6, 6.07) is 5.95. The minimum Gasteiger partial charge on any atom is -0.489 e. The molecule has 7 nitrogen and oxygen atoms in total. The summed E-state index contributed by atoms with van der Waals surface area (Å²) in [6.45, 7) is 6.17. The summed E-state index contributed by atoms with van der Waals surface area (Å²) < 4.78 is 44.0. The second-order valence-electron chi connectivity index (χ2n) is 6.45. The normalized spacial score (nSPS) is 13.5. The molecule has 0 fully saturated rings. The Morgan fingerprint density at radius 2 is 2.00 bits per heavy atom. The first-order valence-electron chi connectivity index (χ1n) is 7.86. The molecule has 0 amide bonds. The number of hydrogen-bond acceptors (Lipinski definition) is 4. The van der Waals surface area contributed by atoms with Crippen molar-refractivity contribution in [2.45, 2.75) is 32.4 Å². The van der Waals surface area contributed by atoms with E-state index in [2.05, 4.69) is 20.3 Å². The molecule has 10 heteroatoms. The van der Waals surface area contributed by atoms with Crippen LogP contribution in [-0.2, 0) is 10.0 Å². The highest BCUT2D eigenvalue weighted by Crippen LogP contribution is 2.13. The zero-order valence-corrected chi connectivity index (χ0v) is 18.8. The van der Waals surface area contributed by atoms with E-state index in [1.165, 1.54) is 12.1 Å². The minimum absolute atomic E-state index is 0. The second kappa shape index (κ2) is 10.9. The summed E-state index contributed by atoms with van der Waals surface area (Å²) in [6.07, 6.45) is 0.898. The number of aliphatic imine (C=N–C) groups is 1. The topological polar surface area (TPSA) is 91.8 Å². The Balaban J connectivity index is 0.00000625. The maximum absolute atomic E-state index is 13.1. The number of ether oxygens (including phenoxy) is 1. The second-order valence-corrected chi connectivity index (χ2v) is 8.20. The first-order valence-corrected chi connectivity index (χ1v) is 9.75. The number of halogens is 2. The molecule has 1 unspecified atom stereocenters. The Bertz CT molecular complexity index is 698. The van der Waals surface area contributed by atoms with Crippen LogP contribution in [0.3, 0.4) is 0 Å². The van der Waals surface area contributed by atoms with Crippen molar-refractivity contribution >= 4 is 40.0 Å². The van der Waals surface area contributed by atoms with E-state index in [-0.39, 0.29) is 35.9 Å². The van der Waals surface area contributed by atoms with Gasteiger partial charge in [-0.3, -0.25) is 4.99 Å². The van der Waals surface area contributed by atoms with Gasteiger partial charge in [-0.05, 0) is 32.9 Å². The van der Waals surface area contributed by atoms with E-state index >= 15 is 0 Å². The molecule has 1 atom stereocenters. The van der Waals surface area contributed by atoms with Crippen LogP contribution in [0.4, 0.5) is 4.39 Å². The highest BCUT2D eigenvalue weighted by atomic mass is 127. The van der Waals surface area contributed by atoms with Crippen LogP contribution in [0.25, 0.3) is 0 Å². The molecule has 0 aromatic heterocycles. The van der Waals surface area contributed by atoms with Crippen molar-refractivity contribution in [2.75, 3.05) is 26.4 Å². The molecular weight excluding hydrogens is 474 g/mol. The van der Waals surface area contributed by atoms with Crippen LogP contribution in [-0.4, -0.2) is 52.4 Å². The first kappa shape index (κ1) is 24.9. The maximum Gasteiger partial charge on any atom is 0.209 e. The van der Waals surface area contributed by atoms with Crippen molar-refractivity contribution in [2.24, 2.45) is 4.99 Å². The Hall–Kier alpha value is -1.14. The fourth-order valence-electron chi connectivity index (χ4n) is 2.12. The van der Waals surface area contributed by atoms with E-state index in [9.17, 15) is 12.8 Å². The number of rotatable bonds is 8. The van der Waals surface area contributed by atoms with Crippen LogP contribution in [0.15, 0.2) is 29.3 Å². The third-order valence-electron chi connectivity index (χ3n) is 3.07. The summed E-state index contributed by atoms with van der Waals surface area (Å²) in [4.78, 5) is 4.08. The van der Waals surface area contributed by atoms with E-state index in [0.29, 0.717) is 24.8 Å². The van der Waals surface area contributed by atoms with Gasteiger partial charge in [0.2, 0.25) is 10.0 Å². The van der Waals surface area contributed by atoms with Crippen molar-refractivity contribution < 1.29 is 17.5 Å². The minimum atomic E-state index is -3.30. The van der Waals surface area contributed by atoms with Gasteiger partial charge in [0.15, 0.2) is 5.96 Å². The van der Waals surface area contributed by atoms with E-state index in [1.807, 2.05) is 6.92 Å². The number of benzene rings is 1. The summed E-state index contributed by atoms with van der Waals surface area (Å²) in [7, 11) is -1.69. The molecule has 0 aliphatic heterocycles. The molecule has 0 bridgehead atoms. The molecule has 0 radical (unpaired) electrons. The zero-order valence-electron chi connectivity index (χ0n) is 15.7. The molecule has 150 valence electrons. The first-order chi connectivity index (χ1) is 11.5. The van der Waals surface area contributed by atoms with Gasteiger partial charge in [0.05, 0.1) is 12.8 Å². The number of nitrogens with one attached hydrogen (secondary N) is 3. The van der Waals surface area contributed by atoms with Crippen LogP contribution in [0.5, 0.6) is 5.75 Å². The predicted molar refractivity (Wildman–Crippen MR) is 113 cm³/mol. The lowest BCUT2D eigenvalue weighted by atomic mass is 10.1. The van der Waals surface area contributed by atoms with Gasteiger partial charge in [0, 0.05) is 25.2 Å². The van der Waals surface area contributed by atoms with E-state index in [1.54, 1.807) is 33.0 Å².